The average Bonchev–Trinajstić information content (AvgIpc) is 2.73. The normalized spacial score (nSPS) is 17.1. The lowest BCUT2D eigenvalue weighted by Crippen LogP contribution is -2.43. The van der Waals surface area contributed by atoms with Crippen LogP contribution in [0.15, 0.2) is 54.6 Å². The Morgan fingerprint density at radius 2 is 1.79 bits per heavy atom. The van der Waals surface area contributed by atoms with Crippen LogP contribution in [0, 0.1) is 0 Å². The van der Waals surface area contributed by atoms with Gasteiger partial charge >= 0.3 is 5.97 Å². The second-order valence-corrected chi connectivity index (χ2v) is 8.72. The van der Waals surface area contributed by atoms with Crippen LogP contribution in [-0.2, 0) is 24.8 Å². The zero-order chi connectivity index (χ0) is 20.7. The molecule has 1 aliphatic rings. The summed E-state index contributed by atoms with van der Waals surface area (Å²) in [5.74, 6) is -0.473. The summed E-state index contributed by atoms with van der Waals surface area (Å²) >= 11 is 0. The molecular weight excluding hydrogens is 390 g/mol. The molecule has 0 aromatic heterocycles. The first kappa shape index (κ1) is 21.3. The summed E-state index contributed by atoms with van der Waals surface area (Å²) in [4.78, 5) is 14.0. The van der Waals surface area contributed by atoms with Crippen molar-refractivity contribution in [3.63, 3.8) is 0 Å². The minimum absolute atomic E-state index is 0.0252. The van der Waals surface area contributed by atoms with Crippen molar-refractivity contribution in [2.45, 2.75) is 38.0 Å². The molecule has 0 N–H and O–H groups in total. The number of anilines is 1. The van der Waals surface area contributed by atoms with E-state index in [4.69, 9.17) is 8.92 Å². The van der Waals surface area contributed by atoms with E-state index in [0.29, 0.717) is 17.7 Å². The Labute approximate surface area is 172 Å². The first-order valence-electron chi connectivity index (χ1n) is 9.93. The van der Waals surface area contributed by atoms with Crippen LogP contribution in [0.3, 0.4) is 0 Å². The van der Waals surface area contributed by atoms with Crippen molar-refractivity contribution in [3.05, 3.63) is 65.7 Å². The minimum atomic E-state index is -3.65. The van der Waals surface area contributed by atoms with Crippen LogP contribution in [0.1, 0.15) is 42.1 Å². The van der Waals surface area contributed by atoms with Crippen LogP contribution in [0.4, 0.5) is 5.69 Å². The fourth-order valence-corrected chi connectivity index (χ4v) is 4.57. The number of piperidine rings is 1. The predicted molar refractivity (Wildman–Crippen MR) is 112 cm³/mol. The third kappa shape index (κ3) is 6.05. The predicted octanol–water partition coefficient (Wildman–Crippen LogP) is 3.77. The van der Waals surface area contributed by atoms with E-state index >= 15 is 0 Å². The highest BCUT2D eigenvalue weighted by Crippen LogP contribution is 2.26. The number of esters is 1. The number of hydrogen-bond donors (Lipinski definition) is 0. The molecule has 2 aromatic rings. The quantitative estimate of drug-likeness (QED) is 0.481. The van der Waals surface area contributed by atoms with Gasteiger partial charge < -0.3 is 9.64 Å². The highest BCUT2D eigenvalue weighted by atomic mass is 32.2. The summed E-state index contributed by atoms with van der Waals surface area (Å²) in [7, 11) is -3.65. The third-order valence-corrected chi connectivity index (χ3v) is 6.15. The van der Waals surface area contributed by atoms with Crippen molar-refractivity contribution >= 4 is 21.8 Å². The second kappa shape index (κ2) is 9.89. The lowest BCUT2D eigenvalue weighted by Gasteiger charge is -2.37. The number of carbonyl (C=O) groups excluding carboxylic acids is 1. The Balaban J connectivity index is 1.64. The van der Waals surface area contributed by atoms with Gasteiger partial charge in [-0.15, -0.1) is 0 Å². The zero-order valence-corrected chi connectivity index (χ0v) is 17.4. The second-order valence-electron chi connectivity index (χ2n) is 7.08. The largest absolute Gasteiger partial charge is 0.462 e. The van der Waals surface area contributed by atoms with E-state index in [9.17, 15) is 13.2 Å². The standard InChI is InChI=1S/C22H27NO5S/c1-2-27-22(24)19-11-13-20(14-12-19)23-15-7-6-10-21(23)16-28-29(25,26)17-18-8-4-3-5-9-18/h3-5,8-9,11-14,21H,2,6-7,10,15-17H2,1H3. The van der Waals surface area contributed by atoms with Crippen LogP contribution in [0.5, 0.6) is 0 Å². The van der Waals surface area contributed by atoms with Crippen LogP contribution in [-0.4, -0.2) is 40.2 Å². The molecule has 0 radical (unpaired) electrons. The number of ether oxygens (including phenoxy) is 1. The molecule has 3 rings (SSSR count). The summed E-state index contributed by atoms with van der Waals surface area (Å²) in [6.45, 7) is 3.06. The van der Waals surface area contributed by atoms with Gasteiger partial charge in [0, 0.05) is 12.2 Å². The molecule has 1 fully saturated rings. The number of nitrogens with zero attached hydrogens (tertiary/aromatic N) is 1. The van der Waals surface area contributed by atoms with Crippen molar-refractivity contribution < 1.29 is 22.1 Å². The first-order valence-corrected chi connectivity index (χ1v) is 11.5. The van der Waals surface area contributed by atoms with Gasteiger partial charge in [0.2, 0.25) is 0 Å². The van der Waals surface area contributed by atoms with E-state index < -0.39 is 10.1 Å². The summed E-state index contributed by atoms with van der Waals surface area (Å²) in [6, 6.07) is 16.2. The number of carbonyl (C=O) groups is 1. The van der Waals surface area contributed by atoms with Crippen molar-refractivity contribution in [1.29, 1.82) is 0 Å². The van der Waals surface area contributed by atoms with E-state index in [1.165, 1.54) is 0 Å². The minimum Gasteiger partial charge on any atom is -0.462 e. The molecule has 1 atom stereocenters. The Kier molecular flexibility index (Phi) is 7.28. The van der Waals surface area contributed by atoms with Crippen molar-refractivity contribution in [2.75, 3.05) is 24.7 Å². The summed E-state index contributed by atoms with van der Waals surface area (Å²) < 4.78 is 35.1. The highest BCUT2D eigenvalue weighted by molar-refractivity contribution is 7.85. The van der Waals surface area contributed by atoms with Crippen molar-refractivity contribution in [2.24, 2.45) is 0 Å². The molecule has 0 amide bonds. The fraction of sp³-hybridized carbons (Fsp3) is 0.409. The van der Waals surface area contributed by atoms with Gasteiger partial charge in [-0.2, -0.15) is 8.42 Å². The average molecular weight is 418 g/mol. The Morgan fingerprint density at radius 1 is 1.07 bits per heavy atom. The summed E-state index contributed by atoms with van der Waals surface area (Å²) in [5.41, 5.74) is 2.17. The lowest BCUT2D eigenvalue weighted by atomic mass is 10.0. The maximum Gasteiger partial charge on any atom is 0.338 e. The molecule has 29 heavy (non-hydrogen) atoms. The fourth-order valence-electron chi connectivity index (χ4n) is 3.52. The molecule has 6 nitrogen and oxygen atoms in total. The van der Waals surface area contributed by atoms with E-state index in [1.807, 2.05) is 30.3 Å². The maximum absolute atomic E-state index is 12.4. The topological polar surface area (TPSA) is 72.9 Å². The number of rotatable bonds is 8. The van der Waals surface area contributed by atoms with Gasteiger partial charge in [0.05, 0.1) is 24.8 Å². The number of benzene rings is 2. The lowest BCUT2D eigenvalue weighted by molar-refractivity contribution is 0.0526. The van der Waals surface area contributed by atoms with Gasteiger partial charge in [-0.05, 0) is 56.0 Å². The summed E-state index contributed by atoms with van der Waals surface area (Å²) in [6.07, 6.45) is 2.93. The van der Waals surface area contributed by atoms with Crippen LogP contribution < -0.4 is 4.90 Å². The van der Waals surface area contributed by atoms with Gasteiger partial charge in [-0.1, -0.05) is 30.3 Å². The highest BCUT2D eigenvalue weighted by Gasteiger charge is 2.25. The van der Waals surface area contributed by atoms with E-state index in [0.717, 1.165) is 31.5 Å². The first-order chi connectivity index (χ1) is 14.0. The van der Waals surface area contributed by atoms with Gasteiger partial charge in [0.1, 0.15) is 5.75 Å². The van der Waals surface area contributed by atoms with Crippen molar-refractivity contribution in [3.8, 4) is 0 Å². The molecule has 1 saturated heterocycles. The molecule has 1 heterocycles. The Bertz CT molecular complexity index is 897. The molecule has 7 heteroatoms. The molecule has 0 bridgehead atoms. The van der Waals surface area contributed by atoms with Gasteiger partial charge in [-0.3, -0.25) is 4.18 Å². The zero-order valence-electron chi connectivity index (χ0n) is 16.6. The van der Waals surface area contributed by atoms with E-state index in [-0.39, 0.29) is 24.4 Å². The van der Waals surface area contributed by atoms with Crippen LogP contribution >= 0.6 is 0 Å². The molecular formula is C22H27NO5S. The monoisotopic (exact) mass is 417 g/mol. The molecule has 1 aliphatic heterocycles. The summed E-state index contributed by atoms with van der Waals surface area (Å²) in [5, 5.41) is 0. The molecule has 0 spiro atoms. The van der Waals surface area contributed by atoms with E-state index in [1.54, 1.807) is 31.2 Å². The maximum atomic E-state index is 12.4. The van der Waals surface area contributed by atoms with Gasteiger partial charge in [0.15, 0.2) is 0 Å². The van der Waals surface area contributed by atoms with Gasteiger partial charge in [0.25, 0.3) is 10.1 Å². The molecule has 0 aliphatic carbocycles. The SMILES string of the molecule is CCOC(=O)c1ccc(N2CCCCC2COS(=O)(=O)Cc2ccccc2)cc1. The Hall–Kier alpha value is -2.38. The van der Waals surface area contributed by atoms with Gasteiger partial charge in [-0.25, -0.2) is 4.79 Å². The van der Waals surface area contributed by atoms with Crippen molar-refractivity contribution in [1.82, 2.24) is 0 Å². The number of hydrogen-bond acceptors (Lipinski definition) is 6. The van der Waals surface area contributed by atoms with E-state index in [2.05, 4.69) is 4.90 Å². The molecule has 156 valence electrons. The Morgan fingerprint density at radius 3 is 2.48 bits per heavy atom. The molecule has 2 aromatic carbocycles. The molecule has 0 saturated carbocycles. The smallest absolute Gasteiger partial charge is 0.338 e. The third-order valence-electron chi connectivity index (χ3n) is 4.96. The van der Waals surface area contributed by atoms with Crippen LogP contribution in [0.2, 0.25) is 0 Å². The van der Waals surface area contributed by atoms with Crippen LogP contribution in [0.25, 0.3) is 0 Å². The molecule has 1 unspecified atom stereocenters.